The summed E-state index contributed by atoms with van der Waals surface area (Å²) in [7, 11) is 3.64. The number of piperidine rings is 1. The highest BCUT2D eigenvalue weighted by Gasteiger charge is 2.41. The summed E-state index contributed by atoms with van der Waals surface area (Å²) in [5.74, 6) is 1.93. The molecule has 2 fully saturated rings. The molecule has 0 N–H and O–H groups in total. The average Bonchev–Trinajstić information content (AvgIpc) is 3.60. The minimum Gasteiger partial charge on any atom is -0.465 e. The highest BCUT2D eigenvalue weighted by molar-refractivity contribution is 5.89. The summed E-state index contributed by atoms with van der Waals surface area (Å²) in [6.45, 7) is 1.86. The van der Waals surface area contributed by atoms with Gasteiger partial charge in [0.25, 0.3) is 0 Å². The van der Waals surface area contributed by atoms with E-state index in [-0.39, 0.29) is 5.97 Å². The predicted octanol–water partition coefficient (Wildman–Crippen LogP) is 6.55. The van der Waals surface area contributed by atoms with Crippen molar-refractivity contribution in [3.8, 4) is 23.0 Å². The Morgan fingerprint density at radius 2 is 1.55 bits per heavy atom. The number of carbonyl (C=O) groups is 1. The number of oxazole rings is 1. The van der Waals surface area contributed by atoms with Gasteiger partial charge in [0.2, 0.25) is 5.89 Å². The molecule has 3 heterocycles. The van der Waals surface area contributed by atoms with Crippen molar-refractivity contribution in [3.63, 3.8) is 0 Å². The second kappa shape index (κ2) is 11.7. The highest BCUT2D eigenvalue weighted by atomic mass is 16.5. The summed E-state index contributed by atoms with van der Waals surface area (Å²) in [4.78, 5) is 21.1. The molecule has 3 atom stereocenters. The summed E-state index contributed by atoms with van der Waals surface area (Å²) in [5, 5.41) is 0. The zero-order valence-electron chi connectivity index (χ0n) is 23.0. The normalized spacial score (nSPS) is 20.5. The third-order valence-electron chi connectivity index (χ3n) is 8.35. The van der Waals surface area contributed by atoms with Crippen LogP contribution in [0.15, 0.2) is 89.7 Å². The van der Waals surface area contributed by atoms with E-state index in [1.807, 2.05) is 48.5 Å². The first-order valence-corrected chi connectivity index (χ1v) is 14.0. The number of hydrogen-bond donors (Lipinski definition) is 0. The molecule has 40 heavy (non-hydrogen) atoms. The first-order chi connectivity index (χ1) is 19.6. The molecule has 7 nitrogen and oxygen atoms in total. The molecule has 7 heteroatoms. The molecule has 2 saturated heterocycles. The minimum atomic E-state index is -0.291. The fourth-order valence-electron chi connectivity index (χ4n) is 6.19. The smallest absolute Gasteiger partial charge is 0.337 e. The number of hydrogen-bond acceptors (Lipinski definition) is 7. The van der Waals surface area contributed by atoms with Crippen LogP contribution in [0.1, 0.15) is 47.2 Å². The van der Waals surface area contributed by atoms with E-state index >= 15 is 0 Å². The van der Waals surface area contributed by atoms with Gasteiger partial charge in [0.15, 0.2) is 0 Å². The lowest BCUT2D eigenvalue weighted by molar-refractivity contribution is 0.0599. The maximum atomic E-state index is 11.7. The van der Waals surface area contributed by atoms with E-state index in [9.17, 15) is 4.79 Å². The number of esters is 1. The molecule has 0 aliphatic carbocycles. The lowest BCUT2D eigenvalue weighted by Crippen LogP contribution is -2.48. The van der Waals surface area contributed by atoms with E-state index in [1.165, 1.54) is 43.9 Å². The molecule has 6 rings (SSSR count). The predicted molar refractivity (Wildman–Crippen MR) is 153 cm³/mol. The number of aromatic nitrogens is 1. The number of fused-ring (bicyclic) bond motifs is 2. The summed E-state index contributed by atoms with van der Waals surface area (Å²) >= 11 is 0. The number of methoxy groups -OCH3 is 1. The van der Waals surface area contributed by atoms with Gasteiger partial charge in [0.05, 0.1) is 18.9 Å². The molecule has 0 amide bonds. The van der Waals surface area contributed by atoms with E-state index in [0.29, 0.717) is 29.6 Å². The average molecular weight is 538 g/mol. The van der Waals surface area contributed by atoms with Crippen LogP contribution in [0.3, 0.4) is 0 Å². The zero-order chi connectivity index (χ0) is 27.5. The van der Waals surface area contributed by atoms with Crippen molar-refractivity contribution >= 4 is 5.97 Å². The minimum absolute atomic E-state index is 0.291. The molecule has 2 aliphatic heterocycles. The third-order valence-corrected chi connectivity index (χ3v) is 8.35. The van der Waals surface area contributed by atoms with Crippen molar-refractivity contribution in [2.45, 2.75) is 56.9 Å². The second-order valence-corrected chi connectivity index (χ2v) is 10.9. The largest absolute Gasteiger partial charge is 0.465 e. The second-order valence-electron chi connectivity index (χ2n) is 10.9. The van der Waals surface area contributed by atoms with E-state index in [2.05, 4.69) is 46.1 Å². The van der Waals surface area contributed by atoms with Crippen molar-refractivity contribution in [2.75, 3.05) is 14.2 Å². The van der Waals surface area contributed by atoms with Crippen LogP contribution in [-0.2, 0) is 17.8 Å². The standard InChI is InChI=1S/C33H35N3O4/c1-35(21-23-3-7-26(8-4-23)33(37)38-2)29-19-27-11-12-28(20-29)36(27)22-24-5-13-30(14-6-24)40-31-15-9-25(10-16-31)32-34-17-18-39-32/h3-10,13-18,27-29H,11-12,19-22H2,1-2H3/t27-,28+,29-. The van der Waals surface area contributed by atoms with Gasteiger partial charge >= 0.3 is 5.97 Å². The molecule has 2 bridgehead atoms. The quantitative estimate of drug-likeness (QED) is 0.224. The van der Waals surface area contributed by atoms with Gasteiger partial charge in [0, 0.05) is 36.8 Å². The fourth-order valence-corrected chi connectivity index (χ4v) is 6.19. The van der Waals surface area contributed by atoms with Crippen molar-refractivity contribution in [2.24, 2.45) is 0 Å². The molecule has 0 saturated carbocycles. The first-order valence-electron chi connectivity index (χ1n) is 14.0. The van der Waals surface area contributed by atoms with Crippen LogP contribution in [0.25, 0.3) is 11.5 Å². The molecular formula is C33H35N3O4. The number of nitrogens with zero attached hydrogens (tertiary/aromatic N) is 3. The van der Waals surface area contributed by atoms with Crippen molar-refractivity contribution < 1.29 is 18.7 Å². The van der Waals surface area contributed by atoms with Crippen LogP contribution >= 0.6 is 0 Å². The molecule has 4 aromatic rings. The van der Waals surface area contributed by atoms with E-state index in [1.54, 1.807) is 12.5 Å². The highest BCUT2D eigenvalue weighted by Crippen LogP contribution is 2.39. The lowest BCUT2D eigenvalue weighted by atomic mass is 9.95. The Morgan fingerprint density at radius 3 is 2.15 bits per heavy atom. The van der Waals surface area contributed by atoms with Gasteiger partial charge in [-0.05, 0) is 92.4 Å². The van der Waals surface area contributed by atoms with Gasteiger partial charge < -0.3 is 13.9 Å². The first kappa shape index (κ1) is 26.3. The summed E-state index contributed by atoms with van der Waals surface area (Å²) in [6.07, 6.45) is 8.14. The molecule has 2 aliphatic rings. The van der Waals surface area contributed by atoms with Crippen molar-refractivity contribution in [1.82, 2.24) is 14.8 Å². The summed E-state index contributed by atoms with van der Waals surface area (Å²) in [6, 6.07) is 25.8. The van der Waals surface area contributed by atoms with Gasteiger partial charge in [-0.1, -0.05) is 24.3 Å². The topological polar surface area (TPSA) is 68.0 Å². The Kier molecular flexibility index (Phi) is 7.66. The molecule has 0 spiro atoms. The SMILES string of the molecule is COC(=O)c1ccc(CN(C)[C@@H]2C[C@H]3CC[C@@H](C2)N3Cc2ccc(Oc3ccc(-c4ncco4)cc3)cc2)cc1. The third kappa shape index (κ3) is 5.81. The monoisotopic (exact) mass is 537 g/mol. The van der Waals surface area contributed by atoms with E-state index < -0.39 is 0 Å². The van der Waals surface area contributed by atoms with Crippen LogP contribution in [0.5, 0.6) is 11.5 Å². The fraction of sp³-hybridized carbons (Fsp3) is 0.333. The Hall–Kier alpha value is -3.94. The molecule has 3 aromatic carbocycles. The van der Waals surface area contributed by atoms with Crippen LogP contribution in [0.2, 0.25) is 0 Å². The van der Waals surface area contributed by atoms with E-state index in [0.717, 1.165) is 30.2 Å². The van der Waals surface area contributed by atoms with Crippen molar-refractivity contribution in [1.29, 1.82) is 0 Å². The summed E-state index contributed by atoms with van der Waals surface area (Å²) < 4.78 is 16.2. The molecule has 0 radical (unpaired) electrons. The van der Waals surface area contributed by atoms with Gasteiger partial charge in [-0.25, -0.2) is 9.78 Å². The zero-order valence-corrected chi connectivity index (χ0v) is 23.0. The number of benzene rings is 3. The van der Waals surface area contributed by atoms with Crippen LogP contribution in [-0.4, -0.2) is 53.0 Å². The van der Waals surface area contributed by atoms with Crippen LogP contribution in [0, 0.1) is 0 Å². The maximum absolute atomic E-state index is 11.7. The molecule has 0 unspecified atom stereocenters. The maximum Gasteiger partial charge on any atom is 0.337 e. The van der Waals surface area contributed by atoms with Gasteiger partial charge in [-0.15, -0.1) is 0 Å². The Bertz CT molecular complexity index is 1390. The molecular weight excluding hydrogens is 502 g/mol. The molecule has 1 aromatic heterocycles. The Balaban J connectivity index is 1.02. The van der Waals surface area contributed by atoms with E-state index in [4.69, 9.17) is 13.9 Å². The number of rotatable bonds is 9. The molecule has 206 valence electrons. The van der Waals surface area contributed by atoms with Crippen LogP contribution in [0.4, 0.5) is 0 Å². The number of carbonyl (C=O) groups excluding carboxylic acids is 1. The van der Waals surface area contributed by atoms with Gasteiger partial charge in [-0.2, -0.15) is 0 Å². The Labute approximate surface area is 235 Å². The van der Waals surface area contributed by atoms with Gasteiger partial charge in [-0.3, -0.25) is 9.80 Å². The summed E-state index contributed by atoms with van der Waals surface area (Å²) in [5.41, 5.74) is 4.06. The Morgan fingerprint density at radius 1 is 0.925 bits per heavy atom. The lowest BCUT2D eigenvalue weighted by Gasteiger charge is -2.42. The van der Waals surface area contributed by atoms with Crippen molar-refractivity contribution in [3.05, 3.63) is 102 Å². The van der Waals surface area contributed by atoms with Crippen LogP contribution < -0.4 is 4.74 Å². The van der Waals surface area contributed by atoms with Gasteiger partial charge in [0.1, 0.15) is 17.8 Å². The number of ether oxygens (including phenoxy) is 2.